The smallest absolute Gasteiger partial charge is 0.332 e. The van der Waals surface area contributed by atoms with Crippen LogP contribution in [0.3, 0.4) is 0 Å². The zero-order chi connectivity index (χ0) is 34.0. The predicted octanol–water partition coefficient (Wildman–Crippen LogP) is 7.29. The molecule has 1 atom stereocenters. The third-order valence-electron chi connectivity index (χ3n) is 7.50. The fourth-order valence-electron chi connectivity index (χ4n) is 5.19. The molecule has 0 spiro atoms. The Hall–Kier alpha value is -4.05. The highest BCUT2D eigenvalue weighted by molar-refractivity contribution is 5.80. The summed E-state index contributed by atoms with van der Waals surface area (Å²) in [6.07, 6.45) is -12.8. The highest BCUT2D eigenvalue weighted by Gasteiger charge is 2.38. The summed E-state index contributed by atoms with van der Waals surface area (Å²) in [6, 6.07) is 9.41. The van der Waals surface area contributed by atoms with Crippen LogP contribution in [0.25, 0.3) is 0 Å². The Morgan fingerprint density at radius 2 is 1.41 bits per heavy atom. The molecule has 46 heavy (non-hydrogen) atoms. The summed E-state index contributed by atoms with van der Waals surface area (Å²) in [5, 5.41) is 6.97. The zero-order valence-electron chi connectivity index (χ0n) is 25.3. The summed E-state index contributed by atoms with van der Waals surface area (Å²) in [6.45, 7) is 1.33. The number of pyridine rings is 1. The average molecular weight is 662 g/mol. The molecule has 250 valence electrons. The number of halogens is 9. The van der Waals surface area contributed by atoms with Crippen LogP contribution in [-0.4, -0.2) is 52.1 Å². The lowest BCUT2D eigenvalue weighted by atomic mass is 9.94. The van der Waals surface area contributed by atoms with Crippen molar-refractivity contribution >= 4 is 5.96 Å². The number of nitrogens with zero attached hydrogens (tertiary/aromatic N) is 6. The van der Waals surface area contributed by atoms with Gasteiger partial charge in [-0.2, -0.15) is 39.5 Å². The fourth-order valence-corrected chi connectivity index (χ4v) is 5.19. The van der Waals surface area contributed by atoms with Gasteiger partial charge in [-0.1, -0.05) is 19.1 Å². The van der Waals surface area contributed by atoms with Crippen molar-refractivity contribution < 1.29 is 39.5 Å². The molecule has 3 aromatic rings. The van der Waals surface area contributed by atoms with Gasteiger partial charge in [-0.05, 0) is 72.6 Å². The molecule has 0 saturated carbocycles. The molecule has 1 aromatic heterocycles. The first-order valence-corrected chi connectivity index (χ1v) is 14.0. The lowest BCUT2D eigenvalue weighted by molar-refractivity contribution is -0.143. The van der Waals surface area contributed by atoms with Gasteiger partial charge in [-0.15, -0.1) is 10.2 Å². The lowest BCUT2D eigenvalue weighted by Gasteiger charge is -2.32. The Morgan fingerprint density at radius 3 is 1.91 bits per heavy atom. The van der Waals surface area contributed by atoms with Gasteiger partial charge in [-0.3, -0.25) is 15.3 Å². The molecule has 7 nitrogen and oxygen atoms in total. The van der Waals surface area contributed by atoms with Gasteiger partial charge >= 0.3 is 18.5 Å². The molecule has 1 N–H and O–H groups in total. The van der Waals surface area contributed by atoms with Gasteiger partial charge in [0.25, 0.3) is 0 Å². The van der Waals surface area contributed by atoms with Crippen LogP contribution in [-0.2, 0) is 38.2 Å². The van der Waals surface area contributed by atoms with Gasteiger partial charge in [0.05, 0.1) is 22.4 Å². The molecular weight excluding hydrogens is 629 g/mol. The summed E-state index contributed by atoms with van der Waals surface area (Å²) >= 11 is 0. The summed E-state index contributed by atoms with van der Waals surface area (Å²) in [7, 11) is 4.87. The number of rotatable bonds is 9. The van der Waals surface area contributed by atoms with Crippen molar-refractivity contribution in [2.75, 3.05) is 21.1 Å². The van der Waals surface area contributed by atoms with Crippen molar-refractivity contribution in [1.82, 2.24) is 30.4 Å². The number of hydrogen-bond donors (Lipinski definition) is 1. The summed E-state index contributed by atoms with van der Waals surface area (Å²) < 4.78 is 124. The van der Waals surface area contributed by atoms with Crippen molar-refractivity contribution in [1.29, 1.82) is 0 Å². The highest BCUT2D eigenvalue weighted by atomic mass is 19.4. The third kappa shape index (κ3) is 8.40. The molecule has 0 radical (unpaired) electrons. The van der Waals surface area contributed by atoms with Gasteiger partial charge in [0.2, 0.25) is 5.96 Å². The molecule has 4 rings (SSSR count). The normalized spacial score (nSPS) is 15.3. The molecule has 0 saturated heterocycles. The minimum Gasteiger partial charge on any atom is -0.332 e. The molecule has 0 amide bonds. The third-order valence-corrected chi connectivity index (χ3v) is 7.50. The highest BCUT2D eigenvalue weighted by Crippen LogP contribution is 2.38. The van der Waals surface area contributed by atoms with Gasteiger partial charge in [0.15, 0.2) is 0 Å². The van der Waals surface area contributed by atoms with Gasteiger partial charge in [-0.25, -0.2) is 5.12 Å². The molecule has 1 aliphatic rings. The Kier molecular flexibility index (Phi) is 10.1. The quantitative estimate of drug-likeness (QED) is 0.243. The van der Waals surface area contributed by atoms with Crippen LogP contribution in [0, 0.1) is 0 Å². The monoisotopic (exact) mass is 661 g/mol. The van der Waals surface area contributed by atoms with E-state index in [9.17, 15) is 39.5 Å². The molecule has 0 fully saturated rings. The van der Waals surface area contributed by atoms with Crippen LogP contribution in [0.5, 0.6) is 0 Å². The largest absolute Gasteiger partial charge is 0.416 e. The standard InChI is InChI=1S/C30H32F9N7/c1-5-26(43(2)18-24-8-6-7-11-40-24)25-10-9-21(28(31,32)33)14-20(25)17-46(27-41-44(3)45(4)42-27)16-19-12-22(29(34,35)36)15-23(13-19)30(37,38)39/h6-15,26H,5,16-18H2,1-4H3,(H,41,42). The SMILES string of the molecule is CCC(c1ccc(C(F)(F)F)cc1CN(Cc1cc(C(F)(F)F)cc(C(F)(F)F)c1)C1=NN(C)N(C)N1)N(C)Cc1ccccn1. The topological polar surface area (TPSA) is 50.2 Å². The number of hydrazine groups is 2. The van der Waals surface area contributed by atoms with Gasteiger partial charge < -0.3 is 4.90 Å². The van der Waals surface area contributed by atoms with Crippen LogP contribution in [0.2, 0.25) is 0 Å². The summed E-state index contributed by atoms with van der Waals surface area (Å²) in [4.78, 5) is 7.53. The maximum absolute atomic E-state index is 13.9. The minimum atomic E-state index is -5.08. The molecule has 1 unspecified atom stereocenters. The van der Waals surface area contributed by atoms with Crippen molar-refractivity contribution in [2.24, 2.45) is 5.10 Å². The number of guanidine groups is 1. The maximum Gasteiger partial charge on any atom is 0.416 e. The van der Waals surface area contributed by atoms with E-state index in [0.717, 1.165) is 17.8 Å². The Morgan fingerprint density at radius 1 is 0.783 bits per heavy atom. The van der Waals surface area contributed by atoms with Gasteiger partial charge in [0.1, 0.15) is 0 Å². The van der Waals surface area contributed by atoms with E-state index >= 15 is 0 Å². The van der Waals surface area contributed by atoms with Crippen molar-refractivity contribution in [3.63, 3.8) is 0 Å². The lowest BCUT2D eigenvalue weighted by Crippen LogP contribution is -2.45. The zero-order valence-corrected chi connectivity index (χ0v) is 25.3. The second-order valence-corrected chi connectivity index (χ2v) is 10.9. The van der Waals surface area contributed by atoms with Crippen molar-refractivity contribution in [3.8, 4) is 0 Å². The van der Waals surface area contributed by atoms with E-state index in [1.807, 2.05) is 11.8 Å². The average Bonchev–Trinajstić information content (AvgIpc) is 3.30. The molecular formula is C30H32F9N7. The van der Waals surface area contributed by atoms with Crippen molar-refractivity contribution in [3.05, 3.63) is 99.9 Å². The summed E-state index contributed by atoms with van der Waals surface area (Å²) in [5.41, 5.74) is -0.0965. The Balaban J connectivity index is 1.81. The molecule has 16 heteroatoms. The maximum atomic E-state index is 13.9. The number of benzene rings is 2. The molecule has 1 aliphatic heterocycles. The van der Waals surface area contributed by atoms with Crippen LogP contribution < -0.4 is 5.43 Å². The molecule has 0 bridgehead atoms. The number of aromatic nitrogens is 1. The van der Waals surface area contributed by atoms with E-state index in [-0.39, 0.29) is 29.7 Å². The second-order valence-electron chi connectivity index (χ2n) is 10.9. The number of hydrogen-bond acceptors (Lipinski definition) is 7. The fraction of sp³-hybridized carbons (Fsp3) is 0.400. The van der Waals surface area contributed by atoms with Gasteiger partial charge in [0, 0.05) is 46.0 Å². The molecule has 0 aliphatic carbocycles. The minimum absolute atomic E-state index is 0.00854. The van der Waals surface area contributed by atoms with Crippen LogP contribution >= 0.6 is 0 Å². The van der Waals surface area contributed by atoms with E-state index < -0.39 is 47.8 Å². The first kappa shape index (κ1) is 34.8. The first-order valence-electron chi connectivity index (χ1n) is 14.0. The number of alkyl halides is 9. The Labute approximate surface area is 259 Å². The second kappa shape index (κ2) is 13.4. The first-order chi connectivity index (χ1) is 21.4. The van der Waals surface area contributed by atoms with Crippen LogP contribution in [0.4, 0.5) is 39.5 Å². The van der Waals surface area contributed by atoms with E-state index in [4.69, 9.17) is 0 Å². The Bertz CT molecular complexity index is 1490. The number of nitrogens with one attached hydrogen (secondary N) is 1. The van der Waals surface area contributed by atoms with E-state index in [1.165, 1.54) is 28.2 Å². The van der Waals surface area contributed by atoms with Crippen LogP contribution in [0.1, 0.15) is 58.5 Å². The predicted molar refractivity (Wildman–Crippen MR) is 152 cm³/mol. The number of hydrazone groups is 1. The van der Waals surface area contributed by atoms with E-state index in [0.29, 0.717) is 30.7 Å². The van der Waals surface area contributed by atoms with Crippen molar-refractivity contribution in [2.45, 2.75) is 57.5 Å². The molecule has 2 heterocycles. The summed E-state index contributed by atoms with van der Waals surface area (Å²) in [5.74, 6) is 0.00854. The van der Waals surface area contributed by atoms with E-state index in [2.05, 4.69) is 15.5 Å². The van der Waals surface area contributed by atoms with E-state index in [1.54, 1.807) is 38.5 Å². The van der Waals surface area contributed by atoms with Crippen LogP contribution in [0.15, 0.2) is 65.9 Å². The molecule has 2 aromatic carbocycles.